The van der Waals surface area contributed by atoms with Crippen LogP contribution >= 0.6 is 0 Å². The zero-order chi connectivity index (χ0) is 17.0. The Labute approximate surface area is 131 Å². The predicted molar refractivity (Wildman–Crippen MR) is 78.5 cm³/mol. The first-order chi connectivity index (χ1) is 10.8. The summed E-state index contributed by atoms with van der Waals surface area (Å²) in [6, 6.07) is 10.1. The van der Waals surface area contributed by atoms with Gasteiger partial charge in [-0.05, 0) is 29.8 Å². The molecule has 0 unspecified atom stereocenters. The third-order valence-electron chi connectivity index (χ3n) is 2.97. The van der Waals surface area contributed by atoms with Crippen LogP contribution in [0.3, 0.4) is 0 Å². The van der Waals surface area contributed by atoms with Crippen LogP contribution in [0.2, 0.25) is 0 Å². The molecule has 0 heterocycles. The number of rotatable bonds is 5. The third-order valence-corrected chi connectivity index (χ3v) is 3.78. The topological polar surface area (TPSA) is 63.2 Å². The summed E-state index contributed by atoms with van der Waals surface area (Å²) in [4.78, 5) is 11.3. The third kappa shape index (κ3) is 4.82. The first kappa shape index (κ1) is 17.0. The van der Waals surface area contributed by atoms with Gasteiger partial charge in [0.15, 0.2) is 0 Å². The van der Waals surface area contributed by atoms with E-state index < -0.39 is 27.5 Å². The highest BCUT2D eigenvalue weighted by Gasteiger charge is 2.13. The standard InChI is InChI=1S/C15H12F3NO3S/c16-15(17)11-4-1-3-10(7-11)8-14(20)19-12-5-2-6-13(9-12)23(18,21)22/h1-7,9,15H,8H2,(H,19,20). The predicted octanol–water partition coefficient (Wildman–Crippen LogP) is 3.46. The minimum Gasteiger partial charge on any atom is -0.326 e. The first-order valence-electron chi connectivity index (χ1n) is 6.47. The second-order valence-electron chi connectivity index (χ2n) is 4.74. The Balaban J connectivity index is 2.10. The number of benzene rings is 2. The molecule has 0 aromatic heterocycles. The number of nitrogens with one attached hydrogen (secondary N) is 1. The molecule has 23 heavy (non-hydrogen) atoms. The molecule has 0 fully saturated rings. The van der Waals surface area contributed by atoms with Gasteiger partial charge in [-0.2, -0.15) is 8.42 Å². The molecule has 0 aliphatic carbocycles. The van der Waals surface area contributed by atoms with Crippen LogP contribution in [0.25, 0.3) is 0 Å². The molecule has 2 aromatic carbocycles. The summed E-state index contributed by atoms with van der Waals surface area (Å²) in [7, 11) is -4.87. The largest absolute Gasteiger partial charge is 0.332 e. The molecule has 0 radical (unpaired) electrons. The van der Waals surface area contributed by atoms with Crippen molar-refractivity contribution >= 4 is 21.8 Å². The quantitative estimate of drug-likeness (QED) is 0.846. The van der Waals surface area contributed by atoms with Crippen molar-refractivity contribution in [2.75, 3.05) is 5.32 Å². The number of carbonyl (C=O) groups excluding carboxylic acids is 1. The van der Waals surface area contributed by atoms with Crippen LogP contribution in [0.5, 0.6) is 0 Å². The molecular weight excluding hydrogens is 331 g/mol. The second kappa shape index (κ2) is 6.82. The van der Waals surface area contributed by atoms with Gasteiger partial charge in [-0.25, -0.2) is 8.78 Å². The number of hydrogen-bond donors (Lipinski definition) is 1. The van der Waals surface area contributed by atoms with Crippen LogP contribution in [0.1, 0.15) is 17.6 Å². The van der Waals surface area contributed by atoms with Crippen LogP contribution < -0.4 is 5.32 Å². The summed E-state index contributed by atoms with van der Waals surface area (Å²) in [5.74, 6) is -0.537. The van der Waals surface area contributed by atoms with E-state index in [-0.39, 0.29) is 17.7 Å². The molecule has 2 aromatic rings. The minimum atomic E-state index is -4.87. The molecule has 0 atom stereocenters. The van der Waals surface area contributed by atoms with Crippen molar-refractivity contribution in [3.05, 3.63) is 59.7 Å². The fraction of sp³-hybridized carbons (Fsp3) is 0.133. The highest BCUT2D eigenvalue weighted by molar-refractivity contribution is 7.86. The van der Waals surface area contributed by atoms with E-state index in [4.69, 9.17) is 0 Å². The van der Waals surface area contributed by atoms with Crippen molar-refractivity contribution in [3.8, 4) is 0 Å². The van der Waals surface area contributed by atoms with E-state index in [9.17, 15) is 25.9 Å². The Morgan fingerprint density at radius 3 is 2.43 bits per heavy atom. The molecule has 2 rings (SSSR count). The zero-order valence-electron chi connectivity index (χ0n) is 11.7. The summed E-state index contributed by atoms with van der Waals surface area (Å²) >= 11 is 0. The van der Waals surface area contributed by atoms with E-state index in [1.807, 2.05) is 0 Å². The lowest BCUT2D eigenvalue weighted by molar-refractivity contribution is -0.115. The zero-order valence-corrected chi connectivity index (χ0v) is 12.5. The van der Waals surface area contributed by atoms with E-state index in [1.165, 1.54) is 36.4 Å². The second-order valence-corrected chi connectivity index (χ2v) is 6.08. The number of carbonyl (C=O) groups is 1. The lowest BCUT2D eigenvalue weighted by Crippen LogP contribution is -2.14. The number of amides is 1. The minimum absolute atomic E-state index is 0.0961. The van der Waals surface area contributed by atoms with Crippen LogP contribution in [-0.2, 0) is 21.4 Å². The molecule has 0 saturated carbocycles. The highest BCUT2D eigenvalue weighted by atomic mass is 32.3. The maximum Gasteiger partial charge on any atom is 0.332 e. The van der Waals surface area contributed by atoms with Gasteiger partial charge in [-0.1, -0.05) is 24.3 Å². The van der Waals surface area contributed by atoms with E-state index in [2.05, 4.69) is 5.32 Å². The van der Waals surface area contributed by atoms with E-state index in [0.29, 0.717) is 5.56 Å². The van der Waals surface area contributed by atoms with Crippen molar-refractivity contribution in [2.24, 2.45) is 0 Å². The Morgan fingerprint density at radius 1 is 1.09 bits per heavy atom. The van der Waals surface area contributed by atoms with Gasteiger partial charge in [0.05, 0.1) is 6.42 Å². The summed E-state index contributed by atoms with van der Waals surface area (Å²) in [6.07, 6.45) is -2.81. The van der Waals surface area contributed by atoms with Gasteiger partial charge < -0.3 is 5.32 Å². The molecule has 1 amide bonds. The van der Waals surface area contributed by atoms with Crippen molar-refractivity contribution in [1.29, 1.82) is 0 Å². The van der Waals surface area contributed by atoms with E-state index >= 15 is 0 Å². The van der Waals surface area contributed by atoms with Crippen LogP contribution in [0.15, 0.2) is 53.4 Å². The van der Waals surface area contributed by atoms with Crippen LogP contribution in [0, 0.1) is 0 Å². The Kier molecular flexibility index (Phi) is 5.05. The monoisotopic (exact) mass is 343 g/mol. The smallest absolute Gasteiger partial charge is 0.326 e. The summed E-state index contributed by atoms with van der Waals surface area (Å²) in [5.41, 5.74) is 0.286. The molecule has 0 bridgehead atoms. The average Bonchev–Trinajstić information content (AvgIpc) is 2.46. The lowest BCUT2D eigenvalue weighted by Gasteiger charge is -2.07. The Morgan fingerprint density at radius 2 is 1.78 bits per heavy atom. The molecule has 0 saturated heterocycles. The van der Waals surface area contributed by atoms with Gasteiger partial charge in [0.1, 0.15) is 4.90 Å². The van der Waals surface area contributed by atoms with Crippen LogP contribution in [0.4, 0.5) is 18.4 Å². The normalized spacial score (nSPS) is 11.5. The molecule has 0 spiro atoms. The summed E-state index contributed by atoms with van der Waals surface area (Å²) < 4.78 is 59.7. The fourth-order valence-electron chi connectivity index (χ4n) is 1.95. The van der Waals surface area contributed by atoms with Gasteiger partial charge in [0.25, 0.3) is 6.43 Å². The van der Waals surface area contributed by atoms with E-state index in [0.717, 1.165) is 12.1 Å². The molecule has 1 N–H and O–H groups in total. The van der Waals surface area contributed by atoms with Crippen LogP contribution in [-0.4, -0.2) is 14.3 Å². The molecule has 8 heteroatoms. The molecule has 122 valence electrons. The first-order valence-corrected chi connectivity index (χ1v) is 7.85. The summed E-state index contributed by atoms with van der Waals surface area (Å²) in [5, 5.41) is 2.39. The Bertz CT molecular complexity index is 822. The van der Waals surface area contributed by atoms with Crippen molar-refractivity contribution in [1.82, 2.24) is 0 Å². The van der Waals surface area contributed by atoms with Crippen molar-refractivity contribution < 1.29 is 25.9 Å². The number of hydrogen-bond acceptors (Lipinski definition) is 3. The number of alkyl halides is 2. The molecule has 0 aliphatic heterocycles. The Hall–Kier alpha value is -2.35. The molecule has 4 nitrogen and oxygen atoms in total. The van der Waals surface area contributed by atoms with Crippen molar-refractivity contribution in [3.63, 3.8) is 0 Å². The van der Waals surface area contributed by atoms with E-state index in [1.54, 1.807) is 0 Å². The van der Waals surface area contributed by atoms with Gasteiger partial charge in [0.2, 0.25) is 5.91 Å². The van der Waals surface area contributed by atoms with Gasteiger partial charge in [-0.3, -0.25) is 4.79 Å². The SMILES string of the molecule is O=C(Cc1cccc(C(F)F)c1)Nc1cccc(S(=O)(=O)F)c1. The maximum atomic E-state index is 12.9. The van der Waals surface area contributed by atoms with Gasteiger partial charge >= 0.3 is 10.2 Å². The highest BCUT2D eigenvalue weighted by Crippen LogP contribution is 2.20. The number of halogens is 3. The fourth-order valence-corrected chi connectivity index (χ4v) is 2.46. The van der Waals surface area contributed by atoms with Gasteiger partial charge in [0, 0.05) is 11.3 Å². The average molecular weight is 343 g/mol. The number of anilines is 1. The maximum absolute atomic E-state index is 12.9. The van der Waals surface area contributed by atoms with Gasteiger partial charge in [-0.15, -0.1) is 3.89 Å². The molecular formula is C15H12F3NO3S. The molecule has 0 aliphatic rings. The van der Waals surface area contributed by atoms with Crippen molar-refractivity contribution in [2.45, 2.75) is 17.7 Å². The summed E-state index contributed by atoms with van der Waals surface area (Å²) in [6.45, 7) is 0. The lowest BCUT2D eigenvalue weighted by atomic mass is 10.1.